The van der Waals surface area contributed by atoms with E-state index in [2.05, 4.69) is 10.0 Å². The molecule has 1 saturated heterocycles. The van der Waals surface area contributed by atoms with E-state index in [-0.39, 0.29) is 23.6 Å². The minimum absolute atomic E-state index is 0.117. The second-order valence-electron chi connectivity index (χ2n) is 9.06. The first-order valence-corrected chi connectivity index (χ1v) is 13.4. The first-order valence-electron chi connectivity index (χ1n) is 10.3. The van der Waals surface area contributed by atoms with Gasteiger partial charge in [0.2, 0.25) is 26.0 Å². The Morgan fingerprint density at radius 3 is 2.37 bits per heavy atom. The van der Waals surface area contributed by atoms with Crippen LogP contribution in [0.5, 0.6) is 0 Å². The van der Waals surface area contributed by atoms with Gasteiger partial charge in [0.05, 0.1) is 16.2 Å². The fourth-order valence-corrected chi connectivity index (χ4v) is 6.37. The van der Waals surface area contributed by atoms with Crippen molar-refractivity contribution in [3.8, 4) is 0 Å². The number of amides is 1. The molecule has 0 bridgehead atoms. The van der Waals surface area contributed by atoms with Gasteiger partial charge in [0.15, 0.2) is 0 Å². The van der Waals surface area contributed by atoms with E-state index in [0.29, 0.717) is 50.0 Å². The number of nitrogens with one attached hydrogen (secondary N) is 2. The summed E-state index contributed by atoms with van der Waals surface area (Å²) in [7, 11) is -6.68. The Bertz CT molecular complexity index is 992. The molecule has 30 heavy (non-hydrogen) atoms. The smallest absolute Gasteiger partial charge is 0.235 e. The summed E-state index contributed by atoms with van der Waals surface area (Å²) < 4.78 is 52.2. The number of anilines is 2. The van der Waals surface area contributed by atoms with Gasteiger partial charge in [-0.25, -0.2) is 21.6 Å². The molecule has 0 unspecified atom stereocenters. The van der Waals surface area contributed by atoms with Crippen molar-refractivity contribution in [3.05, 3.63) is 24.3 Å². The van der Waals surface area contributed by atoms with Crippen LogP contribution in [0.3, 0.4) is 0 Å². The third-order valence-electron chi connectivity index (χ3n) is 5.73. The molecule has 10 heteroatoms. The molecule has 1 aliphatic carbocycles. The Morgan fingerprint density at radius 2 is 1.80 bits per heavy atom. The molecule has 8 nitrogen and oxygen atoms in total. The van der Waals surface area contributed by atoms with Gasteiger partial charge in [0.1, 0.15) is 0 Å². The summed E-state index contributed by atoms with van der Waals surface area (Å²) in [4.78, 5) is 12.7. The lowest BCUT2D eigenvalue weighted by atomic mass is 9.86. The molecule has 1 aliphatic heterocycles. The van der Waals surface area contributed by atoms with Crippen molar-refractivity contribution in [1.29, 1.82) is 0 Å². The van der Waals surface area contributed by atoms with Crippen LogP contribution >= 0.6 is 0 Å². The highest BCUT2D eigenvalue weighted by molar-refractivity contribution is 7.93. The van der Waals surface area contributed by atoms with Gasteiger partial charge in [-0.15, -0.1) is 0 Å². The van der Waals surface area contributed by atoms with Crippen molar-refractivity contribution < 1.29 is 21.6 Å². The Kier molecular flexibility index (Phi) is 6.50. The molecule has 1 aromatic rings. The van der Waals surface area contributed by atoms with Crippen molar-refractivity contribution in [2.24, 2.45) is 5.92 Å². The molecule has 1 aromatic carbocycles. The molecule has 1 saturated carbocycles. The SMILES string of the molecule is CC(C)(C)S(=O)(=O)NC1CCC(C(=O)Nc2cccc(N3CCCS3(=O)=O)c2)CC1. The van der Waals surface area contributed by atoms with Crippen LogP contribution in [0.4, 0.5) is 11.4 Å². The highest BCUT2D eigenvalue weighted by Crippen LogP contribution is 2.29. The van der Waals surface area contributed by atoms with Gasteiger partial charge < -0.3 is 5.32 Å². The van der Waals surface area contributed by atoms with Gasteiger partial charge in [-0.2, -0.15) is 0 Å². The molecule has 2 aliphatic rings. The van der Waals surface area contributed by atoms with E-state index in [4.69, 9.17) is 0 Å². The van der Waals surface area contributed by atoms with Crippen LogP contribution in [0.1, 0.15) is 52.9 Å². The van der Waals surface area contributed by atoms with Gasteiger partial charge in [-0.3, -0.25) is 9.10 Å². The van der Waals surface area contributed by atoms with E-state index in [0.717, 1.165) is 0 Å². The summed E-state index contributed by atoms with van der Waals surface area (Å²) in [6.07, 6.45) is 3.02. The molecule has 3 rings (SSSR count). The molecule has 0 spiro atoms. The van der Waals surface area contributed by atoms with Crippen LogP contribution in [0, 0.1) is 5.92 Å². The lowest BCUT2D eigenvalue weighted by Crippen LogP contribution is -2.46. The summed E-state index contributed by atoms with van der Waals surface area (Å²) in [5.41, 5.74) is 1.13. The molecule has 0 atom stereocenters. The number of nitrogens with zero attached hydrogens (tertiary/aromatic N) is 1. The average molecular weight is 458 g/mol. The van der Waals surface area contributed by atoms with E-state index in [1.807, 2.05) is 0 Å². The average Bonchev–Trinajstić information content (AvgIpc) is 3.00. The van der Waals surface area contributed by atoms with Crippen LogP contribution in [-0.4, -0.2) is 45.8 Å². The number of hydrogen-bond acceptors (Lipinski definition) is 5. The Hall–Kier alpha value is -1.65. The monoisotopic (exact) mass is 457 g/mol. The molecule has 0 radical (unpaired) electrons. The molecule has 1 heterocycles. The van der Waals surface area contributed by atoms with Gasteiger partial charge in [-0.05, 0) is 71.1 Å². The van der Waals surface area contributed by atoms with E-state index in [9.17, 15) is 21.6 Å². The largest absolute Gasteiger partial charge is 0.326 e. The number of hydrogen-bond donors (Lipinski definition) is 2. The van der Waals surface area contributed by atoms with Crippen LogP contribution < -0.4 is 14.3 Å². The van der Waals surface area contributed by atoms with E-state index >= 15 is 0 Å². The van der Waals surface area contributed by atoms with Crippen LogP contribution in [0.25, 0.3) is 0 Å². The number of rotatable bonds is 5. The minimum Gasteiger partial charge on any atom is -0.326 e. The maximum Gasteiger partial charge on any atom is 0.235 e. The zero-order chi connectivity index (χ0) is 22.2. The summed E-state index contributed by atoms with van der Waals surface area (Å²) in [6.45, 7) is 5.44. The number of carbonyl (C=O) groups is 1. The van der Waals surface area contributed by atoms with Crippen LogP contribution in [0.2, 0.25) is 0 Å². The second-order valence-corrected chi connectivity index (χ2v) is 13.5. The van der Waals surface area contributed by atoms with Crippen molar-refractivity contribution in [2.45, 2.75) is 63.7 Å². The molecule has 1 amide bonds. The minimum atomic E-state index is -3.41. The fourth-order valence-electron chi connectivity index (χ4n) is 3.78. The summed E-state index contributed by atoms with van der Waals surface area (Å²) in [5, 5.41) is 2.89. The number of sulfonamides is 2. The van der Waals surface area contributed by atoms with E-state index in [1.54, 1.807) is 45.0 Å². The van der Waals surface area contributed by atoms with Crippen molar-refractivity contribution in [2.75, 3.05) is 21.9 Å². The molecule has 0 aromatic heterocycles. The third-order valence-corrected chi connectivity index (χ3v) is 9.85. The first-order chi connectivity index (χ1) is 13.9. The van der Waals surface area contributed by atoms with Gasteiger partial charge in [-0.1, -0.05) is 6.07 Å². The lowest BCUT2D eigenvalue weighted by molar-refractivity contribution is -0.120. The fraction of sp³-hybridized carbons (Fsp3) is 0.650. The molecular formula is C20H31N3O5S2. The van der Waals surface area contributed by atoms with Gasteiger partial charge in [0, 0.05) is 24.2 Å². The highest BCUT2D eigenvalue weighted by Gasteiger charge is 2.34. The standard InChI is InChI=1S/C20H31N3O5S2/c1-20(2,3)30(27,28)22-16-10-8-15(9-11-16)19(24)21-17-6-4-7-18(14-17)23-12-5-13-29(23,25)26/h4,6-7,14-16,22H,5,8-13H2,1-3H3,(H,21,24). The molecular weight excluding hydrogens is 426 g/mol. The number of carbonyl (C=O) groups excluding carboxylic acids is 1. The zero-order valence-electron chi connectivity index (χ0n) is 17.7. The van der Waals surface area contributed by atoms with Gasteiger partial charge in [0.25, 0.3) is 0 Å². The second kappa shape index (κ2) is 8.47. The summed E-state index contributed by atoms with van der Waals surface area (Å²) in [5.74, 6) is -0.167. The lowest BCUT2D eigenvalue weighted by Gasteiger charge is -2.30. The summed E-state index contributed by atoms with van der Waals surface area (Å²) >= 11 is 0. The third kappa shape index (κ3) is 5.15. The normalized spacial score (nSPS) is 24.6. The molecule has 168 valence electrons. The predicted molar refractivity (Wildman–Crippen MR) is 118 cm³/mol. The quantitative estimate of drug-likeness (QED) is 0.705. The molecule has 2 N–H and O–H groups in total. The maximum absolute atomic E-state index is 12.7. The topological polar surface area (TPSA) is 113 Å². The predicted octanol–water partition coefficient (Wildman–Crippen LogP) is 2.44. The van der Waals surface area contributed by atoms with E-state index < -0.39 is 24.8 Å². The highest BCUT2D eigenvalue weighted by atomic mass is 32.2. The van der Waals surface area contributed by atoms with Crippen LogP contribution in [0.15, 0.2) is 24.3 Å². The van der Waals surface area contributed by atoms with E-state index in [1.165, 1.54) is 4.31 Å². The van der Waals surface area contributed by atoms with Crippen molar-refractivity contribution >= 4 is 37.3 Å². The summed E-state index contributed by atoms with van der Waals surface area (Å²) in [6, 6.07) is 6.74. The molecule has 2 fully saturated rings. The Balaban J connectivity index is 1.57. The van der Waals surface area contributed by atoms with Crippen molar-refractivity contribution in [1.82, 2.24) is 4.72 Å². The maximum atomic E-state index is 12.7. The first kappa shape index (κ1) is 23.0. The Labute approximate surface area is 179 Å². The van der Waals surface area contributed by atoms with Gasteiger partial charge >= 0.3 is 0 Å². The Morgan fingerprint density at radius 1 is 1.13 bits per heavy atom. The number of benzene rings is 1. The van der Waals surface area contributed by atoms with Crippen molar-refractivity contribution in [3.63, 3.8) is 0 Å². The zero-order valence-corrected chi connectivity index (χ0v) is 19.4. The van der Waals surface area contributed by atoms with Crippen LogP contribution in [-0.2, 0) is 24.8 Å².